The van der Waals surface area contributed by atoms with Crippen molar-refractivity contribution < 1.29 is 9.21 Å². The summed E-state index contributed by atoms with van der Waals surface area (Å²) in [4.78, 5) is 16.0. The van der Waals surface area contributed by atoms with E-state index >= 15 is 0 Å². The number of nitrogens with zero attached hydrogens (tertiary/aromatic N) is 3. The average molecular weight is 289 g/mol. The first-order valence-electron chi connectivity index (χ1n) is 7.10. The Morgan fingerprint density at radius 1 is 1.48 bits per heavy atom. The molecule has 0 N–H and O–H groups in total. The summed E-state index contributed by atoms with van der Waals surface area (Å²) < 4.78 is 5.31. The van der Waals surface area contributed by atoms with Crippen LogP contribution in [0.5, 0.6) is 0 Å². The van der Waals surface area contributed by atoms with Gasteiger partial charge in [-0.1, -0.05) is 12.2 Å². The molecule has 1 aromatic rings. The molecule has 21 heavy (non-hydrogen) atoms. The Bertz CT molecular complexity index is 488. The first-order chi connectivity index (χ1) is 10.1. The number of nitriles is 1. The van der Waals surface area contributed by atoms with Crippen molar-refractivity contribution in [1.82, 2.24) is 9.80 Å². The van der Waals surface area contributed by atoms with E-state index in [-0.39, 0.29) is 12.5 Å². The highest BCUT2D eigenvalue weighted by atomic mass is 16.3. The number of furan rings is 1. The van der Waals surface area contributed by atoms with Crippen LogP contribution < -0.4 is 0 Å². The second kappa shape index (κ2) is 8.98. The summed E-state index contributed by atoms with van der Waals surface area (Å²) in [6.45, 7) is 10.3. The van der Waals surface area contributed by atoms with Gasteiger partial charge in [0, 0.05) is 26.1 Å². The van der Waals surface area contributed by atoms with E-state index in [1.54, 1.807) is 11.2 Å². The number of rotatable bonds is 9. The van der Waals surface area contributed by atoms with Crippen molar-refractivity contribution in [1.29, 1.82) is 5.26 Å². The fourth-order valence-corrected chi connectivity index (χ4v) is 2.04. The van der Waals surface area contributed by atoms with Crippen molar-refractivity contribution in [3.05, 3.63) is 36.3 Å². The number of carbonyl (C=O) groups is 1. The quantitative estimate of drug-likeness (QED) is 0.655. The van der Waals surface area contributed by atoms with Gasteiger partial charge < -0.3 is 9.32 Å². The van der Waals surface area contributed by atoms with Gasteiger partial charge in [-0.2, -0.15) is 5.26 Å². The van der Waals surface area contributed by atoms with E-state index in [0.717, 1.165) is 11.3 Å². The van der Waals surface area contributed by atoms with Gasteiger partial charge in [0.05, 0.1) is 25.4 Å². The van der Waals surface area contributed by atoms with Crippen LogP contribution >= 0.6 is 0 Å². The molecule has 5 heteroatoms. The SMILES string of the molecule is C=C(C)CN(CC)C(=O)CN(CCC#N)Cc1ccco1. The lowest BCUT2D eigenvalue weighted by atomic mass is 10.3. The van der Waals surface area contributed by atoms with Crippen molar-refractivity contribution in [2.24, 2.45) is 0 Å². The second-order valence-corrected chi connectivity index (χ2v) is 5.06. The topological polar surface area (TPSA) is 60.5 Å². The van der Waals surface area contributed by atoms with Crippen molar-refractivity contribution in [2.75, 3.05) is 26.2 Å². The Kier molecular flexibility index (Phi) is 7.27. The van der Waals surface area contributed by atoms with Crippen molar-refractivity contribution in [2.45, 2.75) is 26.8 Å². The summed E-state index contributed by atoms with van der Waals surface area (Å²) in [6, 6.07) is 5.80. The molecule has 0 bridgehead atoms. The van der Waals surface area contributed by atoms with Gasteiger partial charge in [0.25, 0.3) is 0 Å². The molecule has 0 aliphatic heterocycles. The van der Waals surface area contributed by atoms with Crippen LogP contribution in [0.4, 0.5) is 0 Å². The monoisotopic (exact) mass is 289 g/mol. The van der Waals surface area contributed by atoms with E-state index in [4.69, 9.17) is 9.68 Å². The second-order valence-electron chi connectivity index (χ2n) is 5.06. The minimum absolute atomic E-state index is 0.0463. The van der Waals surface area contributed by atoms with Gasteiger partial charge in [0.2, 0.25) is 5.91 Å². The van der Waals surface area contributed by atoms with Gasteiger partial charge in [0.1, 0.15) is 5.76 Å². The van der Waals surface area contributed by atoms with E-state index in [0.29, 0.717) is 32.6 Å². The molecule has 0 atom stereocenters. The van der Waals surface area contributed by atoms with E-state index in [1.807, 2.05) is 30.9 Å². The molecule has 1 amide bonds. The van der Waals surface area contributed by atoms with Crippen LogP contribution in [0.2, 0.25) is 0 Å². The first kappa shape index (κ1) is 17.0. The zero-order valence-corrected chi connectivity index (χ0v) is 12.8. The largest absolute Gasteiger partial charge is 0.468 e. The number of carbonyl (C=O) groups excluding carboxylic acids is 1. The third kappa shape index (κ3) is 6.28. The smallest absolute Gasteiger partial charge is 0.237 e. The minimum atomic E-state index is 0.0463. The molecule has 0 unspecified atom stereocenters. The number of likely N-dealkylation sites (N-methyl/N-ethyl adjacent to an activating group) is 1. The number of amides is 1. The average Bonchev–Trinajstić information content (AvgIpc) is 2.94. The van der Waals surface area contributed by atoms with E-state index < -0.39 is 0 Å². The molecule has 0 spiro atoms. The van der Waals surface area contributed by atoms with Crippen molar-refractivity contribution in [3.8, 4) is 6.07 Å². The van der Waals surface area contributed by atoms with Gasteiger partial charge in [0.15, 0.2) is 0 Å². The lowest BCUT2D eigenvalue weighted by Gasteiger charge is -2.25. The molecule has 114 valence electrons. The molecule has 0 aliphatic rings. The van der Waals surface area contributed by atoms with Gasteiger partial charge in [-0.3, -0.25) is 9.69 Å². The van der Waals surface area contributed by atoms with E-state index in [9.17, 15) is 4.79 Å². The maximum Gasteiger partial charge on any atom is 0.237 e. The summed E-state index contributed by atoms with van der Waals surface area (Å²) in [7, 11) is 0. The highest BCUT2D eigenvalue weighted by Gasteiger charge is 2.17. The molecule has 0 aromatic carbocycles. The fraction of sp³-hybridized carbons (Fsp3) is 0.500. The molecular formula is C16H23N3O2. The zero-order chi connectivity index (χ0) is 15.7. The van der Waals surface area contributed by atoms with Gasteiger partial charge in [-0.25, -0.2) is 0 Å². The fourth-order valence-electron chi connectivity index (χ4n) is 2.04. The first-order valence-corrected chi connectivity index (χ1v) is 7.10. The predicted octanol–water partition coefficient (Wildman–Crippen LogP) is 2.42. The van der Waals surface area contributed by atoms with E-state index in [1.165, 1.54) is 0 Å². The molecule has 5 nitrogen and oxygen atoms in total. The van der Waals surface area contributed by atoms with Crippen LogP contribution in [0.1, 0.15) is 26.0 Å². The third-order valence-electron chi connectivity index (χ3n) is 3.05. The number of hydrogen-bond donors (Lipinski definition) is 0. The Hall–Kier alpha value is -2.06. The number of hydrogen-bond acceptors (Lipinski definition) is 4. The molecular weight excluding hydrogens is 266 g/mol. The Labute approximate surface area is 126 Å². The maximum atomic E-state index is 12.3. The molecule has 0 radical (unpaired) electrons. The highest BCUT2D eigenvalue weighted by Crippen LogP contribution is 2.07. The summed E-state index contributed by atoms with van der Waals surface area (Å²) in [5.41, 5.74) is 0.958. The normalized spacial score (nSPS) is 10.4. The standard InChI is InChI=1S/C16H23N3O2/c1-4-19(11-14(2)3)16(20)13-18(9-6-8-17)12-15-7-5-10-21-15/h5,7,10H,2,4,6,9,11-13H2,1,3H3. The predicted molar refractivity (Wildman–Crippen MR) is 81.3 cm³/mol. The summed E-state index contributed by atoms with van der Waals surface area (Å²) >= 11 is 0. The molecule has 0 saturated heterocycles. The van der Waals surface area contributed by atoms with Crippen LogP contribution in [-0.2, 0) is 11.3 Å². The molecule has 0 aliphatic carbocycles. The van der Waals surface area contributed by atoms with Gasteiger partial charge >= 0.3 is 0 Å². The van der Waals surface area contributed by atoms with E-state index in [2.05, 4.69) is 12.6 Å². The van der Waals surface area contributed by atoms with Crippen molar-refractivity contribution in [3.63, 3.8) is 0 Å². The highest BCUT2D eigenvalue weighted by molar-refractivity contribution is 5.78. The lowest BCUT2D eigenvalue weighted by Crippen LogP contribution is -2.41. The maximum absolute atomic E-state index is 12.3. The summed E-state index contributed by atoms with van der Waals surface area (Å²) in [5, 5.41) is 8.74. The zero-order valence-electron chi connectivity index (χ0n) is 12.8. The van der Waals surface area contributed by atoms with Crippen LogP contribution in [-0.4, -0.2) is 41.9 Å². The van der Waals surface area contributed by atoms with Crippen molar-refractivity contribution >= 4 is 5.91 Å². The van der Waals surface area contributed by atoms with Gasteiger partial charge in [-0.15, -0.1) is 0 Å². The Morgan fingerprint density at radius 3 is 2.76 bits per heavy atom. The van der Waals surface area contributed by atoms with Crippen LogP contribution in [0.25, 0.3) is 0 Å². The summed E-state index contributed by atoms with van der Waals surface area (Å²) in [5.74, 6) is 0.841. The lowest BCUT2D eigenvalue weighted by molar-refractivity contribution is -0.132. The van der Waals surface area contributed by atoms with Crippen LogP contribution in [0.3, 0.4) is 0 Å². The Balaban J connectivity index is 2.63. The molecule has 1 aromatic heterocycles. The third-order valence-corrected chi connectivity index (χ3v) is 3.05. The van der Waals surface area contributed by atoms with Crippen LogP contribution in [0.15, 0.2) is 35.0 Å². The molecule has 1 rings (SSSR count). The van der Waals surface area contributed by atoms with Gasteiger partial charge in [-0.05, 0) is 26.0 Å². The molecule has 0 saturated carbocycles. The Morgan fingerprint density at radius 2 is 2.24 bits per heavy atom. The minimum Gasteiger partial charge on any atom is -0.468 e. The van der Waals surface area contributed by atoms with Crippen LogP contribution in [0, 0.1) is 11.3 Å². The molecule has 0 fully saturated rings. The summed E-state index contributed by atoms with van der Waals surface area (Å²) in [6.07, 6.45) is 2.00. The molecule has 1 heterocycles.